The highest BCUT2D eigenvalue weighted by Crippen LogP contribution is 2.67. The van der Waals surface area contributed by atoms with Crippen molar-refractivity contribution in [3.05, 3.63) is 60.5 Å². The van der Waals surface area contributed by atoms with Gasteiger partial charge in [-0.3, -0.25) is 4.90 Å². The van der Waals surface area contributed by atoms with Crippen LogP contribution in [0.3, 0.4) is 0 Å². The predicted octanol–water partition coefficient (Wildman–Crippen LogP) is 7.86. The van der Waals surface area contributed by atoms with Crippen LogP contribution in [0.25, 0.3) is 16.7 Å². The quantitative estimate of drug-likeness (QED) is 0.267. The van der Waals surface area contributed by atoms with E-state index in [1.54, 1.807) is 16.8 Å². The molecule has 210 valence electrons. The van der Waals surface area contributed by atoms with Gasteiger partial charge in [-0.25, -0.2) is 4.98 Å². The lowest BCUT2D eigenvalue weighted by Gasteiger charge is -2.57. The van der Waals surface area contributed by atoms with Crippen LogP contribution < -0.4 is 0 Å². The highest BCUT2D eigenvalue weighted by Gasteiger charge is 2.58. The van der Waals surface area contributed by atoms with E-state index in [1.807, 2.05) is 0 Å². The van der Waals surface area contributed by atoms with Crippen LogP contribution in [0, 0.1) is 28.6 Å². The van der Waals surface area contributed by atoms with Gasteiger partial charge in [0.05, 0.1) is 17.1 Å². The summed E-state index contributed by atoms with van der Waals surface area (Å²) < 4.78 is 2.48. The van der Waals surface area contributed by atoms with Crippen LogP contribution in [-0.4, -0.2) is 45.3 Å². The number of benzene rings is 1. The van der Waals surface area contributed by atoms with Gasteiger partial charge < -0.3 is 9.67 Å². The molecule has 1 heterocycles. The Labute approximate surface area is 235 Å². The first kappa shape index (κ1) is 27.0. The first-order valence-corrected chi connectivity index (χ1v) is 15.7. The molecule has 0 aliphatic heterocycles. The van der Waals surface area contributed by atoms with Crippen molar-refractivity contribution in [3.63, 3.8) is 0 Å². The minimum absolute atomic E-state index is 0.140. The van der Waals surface area contributed by atoms with Gasteiger partial charge in [-0.2, -0.15) is 0 Å². The first-order valence-electron chi connectivity index (χ1n) is 15.7. The highest BCUT2D eigenvalue weighted by atomic mass is 16.3. The van der Waals surface area contributed by atoms with Crippen molar-refractivity contribution < 1.29 is 5.11 Å². The molecule has 4 aliphatic carbocycles. The second kappa shape index (κ2) is 10.7. The largest absolute Gasteiger partial charge is 0.393 e. The number of nitrogens with zero attached hydrogens (tertiary/aromatic N) is 3. The molecule has 4 nitrogen and oxygen atoms in total. The Bertz CT molecular complexity index is 1270. The third kappa shape index (κ3) is 4.56. The monoisotopic (exact) mass is 527 g/mol. The zero-order chi connectivity index (χ0) is 27.2. The predicted molar refractivity (Wildman–Crippen MR) is 162 cm³/mol. The standard InChI is InChI=1S/C35H49N3O/c1-5-7-10-20-37(19-6-2)23-25-21-30-28-14-13-26-22-27(39)15-17-34(26,3)29(28)16-18-35(30,4)33(25)38-24-36-31-11-8-9-12-32(31)38/h6,8-9,11-13,24,27-30,39H,2,5,7,10,14-23H2,1,3-4H3/t27-,28+,29-,30-,34-,35-/m0/s1. The average Bonchev–Trinajstić information content (AvgIpc) is 3.47. The van der Waals surface area contributed by atoms with E-state index in [0.717, 1.165) is 50.3 Å². The smallest absolute Gasteiger partial charge is 0.100 e. The van der Waals surface area contributed by atoms with Crippen LogP contribution in [0.2, 0.25) is 0 Å². The maximum atomic E-state index is 10.4. The number of allylic oxidation sites excluding steroid dienone is 2. The number of rotatable bonds is 9. The van der Waals surface area contributed by atoms with Crippen LogP contribution >= 0.6 is 0 Å². The molecule has 39 heavy (non-hydrogen) atoms. The number of fused-ring (bicyclic) bond motifs is 6. The van der Waals surface area contributed by atoms with E-state index in [9.17, 15) is 5.11 Å². The molecule has 0 amide bonds. The summed E-state index contributed by atoms with van der Waals surface area (Å²) in [6, 6.07) is 8.67. The molecule has 2 aromatic rings. The molecular weight excluding hydrogens is 478 g/mol. The van der Waals surface area contributed by atoms with Gasteiger partial charge in [0.2, 0.25) is 0 Å². The average molecular weight is 528 g/mol. The number of para-hydroxylation sites is 2. The Kier molecular flexibility index (Phi) is 7.39. The molecule has 6 atom stereocenters. The molecule has 0 saturated heterocycles. The summed E-state index contributed by atoms with van der Waals surface area (Å²) >= 11 is 0. The second-order valence-corrected chi connectivity index (χ2v) is 13.6. The number of imidazole rings is 1. The van der Waals surface area contributed by atoms with Gasteiger partial charge in [0.25, 0.3) is 0 Å². The summed E-state index contributed by atoms with van der Waals surface area (Å²) in [6.07, 6.45) is 18.3. The van der Waals surface area contributed by atoms with E-state index >= 15 is 0 Å². The van der Waals surface area contributed by atoms with E-state index in [1.165, 1.54) is 50.5 Å². The van der Waals surface area contributed by atoms with Crippen LogP contribution in [0.5, 0.6) is 0 Å². The van der Waals surface area contributed by atoms with Gasteiger partial charge in [0.1, 0.15) is 6.33 Å². The van der Waals surface area contributed by atoms with E-state index in [-0.39, 0.29) is 16.9 Å². The van der Waals surface area contributed by atoms with E-state index in [4.69, 9.17) is 4.98 Å². The van der Waals surface area contributed by atoms with Crippen molar-refractivity contribution in [2.45, 2.75) is 91.1 Å². The molecule has 2 fully saturated rings. The number of unbranched alkanes of at least 4 members (excludes halogenated alkanes) is 2. The fourth-order valence-electron chi connectivity index (χ4n) is 9.39. The lowest BCUT2D eigenvalue weighted by Crippen LogP contribution is -2.50. The molecule has 1 aromatic carbocycles. The fraction of sp³-hybridized carbons (Fsp3) is 0.629. The first-order chi connectivity index (χ1) is 18.9. The van der Waals surface area contributed by atoms with Crippen molar-refractivity contribution in [2.24, 2.45) is 28.6 Å². The third-order valence-corrected chi connectivity index (χ3v) is 11.4. The van der Waals surface area contributed by atoms with Crippen LogP contribution in [0.1, 0.15) is 85.0 Å². The molecule has 2 saturated carbocycles. The Morgan fingerprint density at radius 2 is 1.92 bits per heavy atom. The SMILES string of the molecule is C=CCN(CCCCC)CC1=C(n2cnc3ccccc32)[C@@]2(C)CC[C@H]3[C@@H](CC=C4C[C@@H](O)CC[C@@]43C)[C@@H]2C1. The minimum atomic E-state index is -0.140. The number of hydrogen-bond acceptors (Lipinski definition) is 3. The number of aliphatic hydroxyl groups is 1. The van der Waals surface area contributed by atoms with Gasteiger partial charge in [-0.1, -0.05) is 63.5 Å². The molecule has 4 heteroatoms. The van der Waals surface area contributed by atoms with E-state index < -0.39 is 0 Å². The van der Waals surface area contributed by atoms with Gasteiger partial charge in [-0.05, 0) is 98.8 Å². The van der Waals surface area contributed by atoms with Crippen molar-refractivity contribution in [2.75, 3.05) is 19.6 Å². The molecule has 0 bridgehead atoms. The van der Waals surface area contributed by atoms with E-state index in [0.29, 0.717) is 11.8 Å². The number of hydrogen-bond donors (Lipinski definition) is 1. The highest BCUT2D eigenvalue weighted by molar-refractivity contribution is 5.81. The maximum absolute atomic E-state index is 10.4. The molecule has 0 spiro atoms. The normalized spacial score (nSPS) is 34.1. The van der Waals surface area contributed by atoms with Crippen LogP contribution in [-0.2, 0) is 0 Å². The lowest BCUT2D eigenvalue weighted by atomic mass is 9.48. The summed E-state index contributed by atoms with van der Waals surface area (Å²) in [5.74, 6) is 2.10. The van der Waals surface area contributed by atoms with Crippen LogP contribution in [0.15, 0.2) is 60.5 Å². The summed E-state index contributed by atoms with van der Waals surface area (Å²) in [6.45, 7) is 14.6. The summed E-state index contributed by atoms with van der Waals surface area (Å²) in [7, 11) is 0. The minimum Gasteiger partial charge on any atom is -0.393 e. The van der Waals surface area contributed by atoms with Crippen molar-refractivity contribution in [1.29, 1.82) is 0 Å². The Balaban J connectivity index is 1.39. The molecule has 6 rings (SSSR count). The van der Waals surface area contributed by atoms with Crippen LogP contribution in [0.4, 0.5) is 0 Å². The van der Waals surface area contributed by atoms with Gasteiger partial charge >= 0.3 is 0 Å². The maximum Gasteiger partial charge on any atom is 0.100 e. The molecule has 1 N–H and O–H groups in total. The Hall–Kier alpha value is -2.17. The molecule has 0 unspecified atom stereocenters. The number of aromatic nitrogens is 2. The fourth-order valence-corrected chi connectivity index (χ4v) is 9.39. The topological polar surface area (TPSA) is 41.3 Å². The van der Waals surface area contributed by atoms with Gasteiger partial charge in [0, 0.05) is 24.2 Å². The second-order valence-electron chi connectivity index (χ2n) is 13.6. The van der Waals surface area contributed by atoms with Gasteiger partial charge in [-0.15, -0.1) is 6.58 Å². The van der Waals surface area contributed by atoms with Crippen molar-refractivity contribution in [3.8, 4) is 0 Å². The summed E-state index contributed by atoms with van der Waals surface area (Å²) in [4.78, 5) is 7.50. The number of aliphatic hydroxyl groups excluding tert-OH is 1. The zero-order valence-corrected chi connectivity index (χ0v) is 24.5. The third-order valence-electron chi connectivity index (χ3n) is 11.4. The summed E-state index contributed by atoms with van der Waals surface area (Å²) in [5, 5.41) is 10.4. The molecule has 4 aliphatic rings. The van der Waals surface area contributed by atoms with Gasteiger partial charge in [0.15, 0.2) is 0 Å². The van der Waals surface area contributed by atoms with Crippen molar-refractivity contribution in [1.82, 2.24) is 14.5 Å². The lowest BCUT2D eigenvalue weighted by molar-refractivity contribution is -0.0253. The molecule has 0 radical (unpaired) electrons. The molecular formula is C35H49N3O. The molecule has 1 aromatic heterocycles. The van der Waals surface area contributed by atoms with E-state index in [2.05, 4.69) is 79.6 Å². The van der Waals surface area contributed by atoms with Crippen molar-refractivity contribution >= 4 is 16.7 Å². The Morgan fingerprint density at radius 3 is 2.74 bits per heavy atom. The summed E-state index contributed by atoms with van der Waals surface area (Å²) in [5.41, 5.74) is 7.49. The zero-order valence-electron chi connectivity index (χ0n) is 24.5. The Morgan fingerprint density at radius 1 is 1.10 bits per heavy atom.